The van der Waals surface area contributed by atoms with Crippen molar-refractivity contribution in [2.75, 3.05) is 42.5 Å². The lowest BCUT2D eigenvalue weighted by Crippen LogP contribution is -2.48. The number of benzene rings is 2. The van der Waals surface area contributed by atoms with Crippen LogP contribution < -0.4 is 9.80 Å². The van der Waals surface area contributed by atoms with Gasteiger partial charge < -0.3 is 9.80 Å². The lowest BCUT2D eigenvalue weighted by molar-refractivity contribution is -0.384. The maximum Gasteiger partial charge on any atom is 0.269 e. The number of nitro benzene ring substituents is 1. The van der Waals surface area contributed by atoms with E-state index in [9.17, 15) is 23.3 Å². The van der Waals surface area contributed by atoms with Crippen molar-refractivity contribution in [3.63, 3.8) is 0 Å². The molecule has 0 spiro atoms. The lowest BCUT2D eigenvalue weighted by Gasteiger charge is -2.35. The van der Waals surface area contributed by atoms with Gasteiger partial charge in [-0.2, -0.15) is 4.31 Å². The van der Waals surface area contributed by atoms with E-state index in [0.717, 1.165) is 16.9 Å². The summed E-state index contributed by atoms with van der Waals surface area (Å²) < 4.78 is 27.7. The van der Waals surface area contributed by atoms with Crippen molar-refractivity contribution in [3.8, 4) is 0 Å². The molecule has 2 heterocycles. The maximum atomic E-state index is 13.1. The van der Waals surface area contributed by atoms with Crippen LogP contribution in [0.3, 0.4) is 0 Å². The molecule has 0 unspecified atom stereocenters. The van der Waals surface area contributed by atoms with E-state index in [4.69, 9.17) is 0 Å². The Balaban J connectivity index is 1.46. The summed E-state index contributed by atoms with van der Waals surface area (Å²) in [7, 11) is -3.63. The van der Waals surface area contributed by atoms with Gasteiger partial charge in [-0.15, -0.1) is 0 Å². The smallest absolute Gasteiger partial charge is 0.269 e. The number of amides is 1. The molecule has 0 aliphatic carbocycles. The molecule has 30 heavy (non-hydrogen) atoms. The van der Waals surface area contributed by atoms with Gasteiger partial charge in [0.25, 0.3) is 5.69 Å². The molecule has 158 valence electrons. The van der Waals surface area contributed by atoms with Crippen molar-refractivity contribution in [3.05, 3.63) is 58.1 Å². The predicted molar refractivity (Wildman–Crippen MR) is 112 cm³/mol. The third-order valence-corrected chi connectivity index (χ3v) is 7.52. The van der Waals surface area contributed by atoms with Gasteiger partial charge >= 0.3 is 0 Å². The van der Waals surface area contributed by atoms with Crippen LogP contribution in [-0.4, -0.2) is 56.3 Å². The van der Waals surface area contributed by atoms with Gasteiger partial charge in [0.15, 0.2) is 0 Å². The molecule has 0 bridgehead atoms. The number of hydrogen-bond donors (Lipinski definition) is 0. The minimum absolute atomic E-state index is 0.0277. The third-order valence-electron chi connectivity index (χ3n) is 5.63. The van der Waals surface area contributed by atoms with E-state index >= 15 is 0 Å². The average molecular weight is 430 g/mol. The monoisotopic (exact) mass is 430 g/mol. The summed E-state index contributed by atoms with van der Waals surface area (Å²) in [6.45, 7) is 3.73. The Morgan fingerprint density at radius 3 is 2.27 bits per heavy atom. The van der Waals surface area contributed by atoms with Gasteiger partial charge in [0.05, 0.1) is 9.82 Å². The standard InChI is InChI=1S/C20H22N4O5S/c1-15(25)23-9-8-16-14-19(6-7-20(16)23)30(28,29)22-12-10-21(11-13-22)17-2-4-18(5-3-17)24(26)27/h2-7,14H,8-13H2,1H3. The second-order valence-electron chi connectivity index (χ2n) is 7.38. The van der Waals surface area contributed by atoms with Crippen molar-refractivity contribution in [1.82, 2.24) is 4.31 Å². The van der Waals surface area contributed by atoms with E-state index in [1.165, 1.54) is 23.4 Å². The Bertz CT molecular complexity index is 1090. The number of non-ortho nitro benzene ring substituents is 1. The fraction of sp³-hybridized carbons (Fsp3) is 0.350. The van der Waals surface area contributed by atoms with Gasteiger partial charge in [0.1, 0.15) is 0 Å². The van der Waals surface area contributed by atoms with Gasteiger partial charge in [0.2, 0.25) is 15.9 Å². The predicted octanol–water partition coefficient (Wildman–Crippen LogP) is 2.01. The van der Waals surface area contributed by atoms with E-state index < -0.39 is 14.9 Å². The molecule has 9 nitrogen and oxygen atoms in total. The molecule has 2 aromatic carbocycles. The van der Waals surface area contributed by atoms with E-state index in [-0.39, 0.29) is 16.5 Å². The summed E-state index contributed by atoms with van der Waals surface area (Å²) in [6, 6.07) is 11.2. The van der Waals surface area contributed by atoms with Gasteiger partial charge in [-0.1, -0.05) is 0 Å². The molecule has 1 fully saturated rings. The lowest BCUT2D eigenvalue weighted by atomic mass is 10.2. The first kappa shape index (κ1) is 20.3. The second-order valence-corrected chi connectivity index (χ2v) is 9.31. The highest BCUT2D eigenvalue weighted by Gasteiger charge is 2.31. The summed E-state index contributed by atoms with van der Waals surface area (Å²) in [5.74, 6) is -0.0493. The van der Waals surface area contributed by atoms with Crippen molar-refractivity contribution in [2.45, 2.75) is 18.2 Å². The molecule has 0 radical (unpaired) electrons. The van der Waals surface area contributed by atoms with Crippen LogP contribution in [0.2, 0.25) is 0 Å². The molecule has 0 saturated carbocycles. The molecule has 2 aromatic rings. The molecule has 0 aromatic heterocycles. The number of rotatable bonds is 4. The summed E-state index contributed by atoms with van der Waals surface area (Å²) in [5.41, 5.74) is 2.51. The first-order chi connectivity index (χ1) is 14.3. The minimum atomic E-state index is -3.63. The largest absolute Gasteiger partial charge is 0.369 e. The molecule has 1 saturated heterocycles. The van der Waals surface area contributed by atoms with E-state index in [1.54, 1.807) is 35.2 Å². The zero-order valence-corrected chi connectivity index (χ0v) is 17.3. The quantitative estimate of drug-likeness (QED) is 0.543. The molecule has 0 atom stereocenters. The Morgan fingerprint density at radius 1 is 1.00 bits per heavy atom. The Morgan fingerprint density at radius 2 is 1.67 bits per heavy atom. The fourth-order valence-corrected chi connectivity index (χ4v) is 5.46. The Kier molecular flexibility index (Phi) is 5.20. The van der Waals surface area contributed by atoms with Gasteiger partial charge in [-0.05, 0) is 42.3 Å². The number of sulfonamides is 1. The number of anilines is 2. The zero-order valence-electron chi connectivity index (χ0n) is 16.5. The van der Waals surface area contributed by atoms with Crippen molar-refractivity contribution >= 4 is 33.0 Å². The third kappa shape index (κ3) is 3.63. The van der Waals surface area contributed by atoms with Crippen molar-refractivity contribution < 1.29 is 18.1 Å². The summed E-state index contributed by atoms with van der Waals surface area (Å²) in [5, 5.41) is 10.8. The Hall–Kier alpha value is -2.98. The molecule has 10 heteroatoms. The first-order valence-corrected chi connectivity index (χ1v) is 11.1. The number of piperazine rings is 1. The van der Waals surface area contributed by atoms with Crippen LogP contribution >= 0.6 is 0 Å². The maximum absolute atomic E-state index is 13.1. The average Bonchev–Trinajstić information content (AvgIpc) is 3.17. The normalized spacial score (nSPS) is 17.1. The van der Waals surface area contributed by atoms with Crippen LogP contribution in [-0.2, 0) is 21.2 Å². The number of hydrogen-bond acceptors (Lipinski definition) is 6. The number of carbonyl (C=O) groups excluding carboxylic acids is 1. The highest BCUT2D eigenvalue weighted by molar-refractivity contribution is 7.89. The van der Waals surface area contributed by atoms with Gasteiger partial charge in [0, 0.05) is 63.2 Å². The summed E-state index contributed by atoms with van der Waals surface area (Å²) in [4.78, 5) is 26.0. The zero-order chi connectivity index (χ0) is 21.5. The fourth-order valence-electron chi connectivity index (χ4n) is 3.99. The Labute approximate surface area is 174 Å². The molecule has 2 aliphatic heterocycles. The van der Waals surface area contributed by atoms with Crippen LogP contribution in [0.25, 0.3) is 0 Å². The highest BCUT2D eigenvalue weighted by atomic mass is 32.2. The van der Waals surface area contributed by atoms with Gasteiger partial charge in [-0.25, -0.2) is 8.42 Å². The molecule has 2 aliphatic rings. The first-order valence-electron chi connectivity index (χ1n) is 9.68. The van der Waals surface area contributed by atoms with Crippen LogP contribution in [0.1, 0.15) is 12.5 Å². The van der Waals surface area contributed by atoms with E-state index in [2.05, 4.69) is 0 Å². The van der Waals surface area contributed by atoms with Crippen molar-refractivity contribution in [2.24, 2.45) is 0 Å². The second kappa shape index (κ2) is 7.69. The molecule has 4 rings (SSSR count). The molecular weight excluding hydrogens is 408 g/mol. The number of nitrogens with zero attached hydrogens (tertiary/aromatic N) is 4. The van der Waals surface area contributed by atoms with E-state index in [0.29, 0.717) is 39.1 Å². The van der Waals surface area contributed by atoms with Crippen LogP contribution in [0.5, 0.6) is 0 Å². The number of nitro groups is 1. The van der Waals surface area contributed by atoms with Gasteiger partial charge in [-0.3, -0.25) is 14.9 Å². The molecular formula is C20H22N4O5S. The summed E-state index contributed by atoms with van der Waals surface area (Å²) in [6.07, 6.45) is 0.645. The number of carbonyl (C=O) groups is 1. The van der Waals surface area contributed by atoms with E-state index in [1.807, 2.05) is 4.90 Å². The summed E-state index contributed by atoms with van der Waals surface area (Å²) >= 11 is 0. The minimum Gasteiger partial charge on any atom is -0.369 e. The SMILES string of the molecule is CC(=O)N1CCc2cc(S(=O)(=O)N3CCN(c4ccc([N+](=O)[O-])cc4)CC3)ccc21. The highest BCUT2D eigenvalue weighted by Crippen LogP contribution is 2.31. The number of fused-ring (bicyclic) bond motifs is 1. The van der Waals surface area contributed by atoms with Crippen molar-refractivity contribution in [1.29, 1.82) is 0 Å². The van der Waals surface area contributed by atoms with Crippen LogP contribution in [0, 0.1) is 10.1 Å². The van der Waals surface area contributed by atoms with Crippen LogP contribution in [0.4, 0.5) is 17.1 Å². The van der Waals surface area contributed by atoms with Crippen LogP contribution in [0.15, 0.2) is 47.4 Å². The topological polar surface area (TPSA) is 104 Å². The molecule has 1 amide bonds. The molecule has 0 N–H and O–H groups in total.